The molecule has 2 aliphatic heterocycles. The summed E-state index contributed by atoms with van der Waals surface area (Å²) in [6, 6.07) is 18.4. The number of hydrogen-bond donors (Lipinski definition) is 1. The van der Waals surface area contributed by atoms with E-state index in [-0.39, 0.29) is 11.8 Å². The van der Waals surface area contributed by atoms with Gasteiger partial charge in [0.15, 0.2) is 0 Å². The molecule has 0 saturated carbocycles. The third kappa shape index (κ3) is 6.54. The van der Waals surface area contributed by atoms with Crippen LogP contribution in [-0.2, 0) is 29.2 Å². The molecule has 0 radical (unpaired) electrons. The molecule has 35 heavy (non-hydrogen) atoms. The molecular formula is C27H33N5O3. The predicted octanol–water partition coefficient (Wildman–Crippen LogP) is 3.10. The maximum Gasteiger partial charge on any atom is 0.241 e. The van der Waals surface area contributed by atoms with Crippen LogP contribution in [0.4, 0.5) is 0 Å². The van der Waals surface area contributed by atoms with E-state index >= 15 is 0 Å². The van der Waals surface area contributed by atoms with Gasteiger partial charge in [-0.2, -0.15) is 4.98 Å². The minimum Gasteiger partial charge on any atom is -0.379 e. The van der Waals surface area contributed by atoms with Crippen LogP contribution in [0.5, 0.6) is 0 Å². The lowest BCUT2D eigenvalue weighted by Crippen LogP contribution is -2.40. The van der Waals surface area contributed by atoms with Crippen LogP contribution < -0.4 is 5.32 Å². The topological polar surface area (TPSA) is 83.7 Å². The van der Waals surface area contributed by atoms with Gasteiger partial charge in [-0.3, -0.25) is 14.6 Å². The molecule has 0 unspecified atom stereocenters. The van der Waals surface area contributed by atoms with Crippen molar-refractivity contribution in [3.05, 3.63) is 71.6 Å². The maximum absolute atomic E-state index is 12.8. The van der Waals surface area contributed by atoms with Crippen LogP contribution in [-0.4, -0.2) is 65.2 Å². The highest BCUT2D eigenvalue weighted by Gasteiger charge is 2.26. The Morgan fingerprint density at radius 3 is 2.46 bits per heavy atom. The zero-order valence-corrected chi connectivity index (χ0v) is 20.1. The number of morpholine rings is 1. The van der Waals surface area contributed by atoms with E-state index in [1.54, 1.807) is 0 Å². The molecule has 0 spiro atoms. The molecule has 2 aromatic carbocycles. The zero-order valence-electron chi connectivity index (χ0n) is 20.1. The van der Waals surface area contributed by atoms with Crippen LogP contribution in [0.25, 0.3) is 11.4 Å². The Labute approximate surface area is 206 Å². The number of amides is 1. The summed E-state index contributed by atoms with van der Waals surface area (Å²) in [5.41, 5.74) is 3.38. The molecular weight excluding hydrogens is 442 g/mol. The fraction of sp³-hybridized carbons (Fsp3) is 0.444. The summed E-state index contributed by atoms with van der Waals surface area (Å²) in [6.45, 7) is 7.35. The second kappa shape index (κ2) is 11.6. The van der Waals surface area contributed by atoms with E-state index in [2.05, 4.69) is 49.5 Å². The molecule has 184 valence electrons. The highest BCUT2D eigenvalue weighted by Crippen LogP contribution is 2.21. The first-order valence-electron chi connectivity index (χ1n) is 12.5. The van der Waals surface area contributed by atoms with Crippen LogP contribution in [0.15, 0.2) is 59.1 Å². The molecule has 3 heterocycles. The van der Waals surface area contributed by atoms with Gasteiger partial charge in [-0.05, 0) is 37.1 Å². The quantitative estimate of drug-likeness (QED) is 0.536. The number of nitrogens with one attached hydrogen (secondary N) is 1. The average molecular weight is 476 g/mol. The van der Waals surface area contributed by atoms with Crippen LogP contribution in [0.2, 0.25) is 0 Å². The first-order valence-corrected chi connectivity index (χ1v) is 12.5. The first kappa shape index (κ1) is 23.7. The summed E-state index contributed by atoms with van der Waals surface area (Å²) in [6.07, 6.45) is 1.67. The Morgan fingerprint density at radius 1 is 0.914 bits per heavy atom. The molecule has 1 amide bonds. The van der Waals surface area contributed by atoms with Crippen molar-refractivity contribution in [3.63, 3.8) is 0 Å². The maximum atomic E-state index is 12.8. The highest BCUT2D eigenvalue weighted by atomic mass is 16.5. The number of piperidine rings is 1. The molecule has 5 rings (SSSR count). The zero-order chi connectivity index (χ0) is 23.9. The Hall–Kier alpha value is -3.07. The standard InChI is InChI=1S/C27H33N5O3/c33-27(28-18-21-5-4-6-22(17-21)19-32-13-15-34-16-14-32)24-9-11-31(12-10-24)20-25-29-26(30-35-25)23-7-2-1-3-8-23/h1-8,17,24H,9-16,18-20H2,(H,28,33). The van der Waals surface area contributed by atoms with Crippen LogP contribution >= 0.6 is 0 Å². The van der Waals surface area contributed by atoms with E-state index in [9.17, 15) is 4.79 Å². The number of nitrogens with zero attached hydrogens (tertiary/aromatic N) is 4. The molecule has 2 aliphatic rings. The van der Waals surface area contributed by atoms with E-state index in [1.807, 2.05) is 30.3 Å². The van der Waals surface area contributed by atoms with Gasteiger partial charge >= 0.3 is 0 Å². The normalized spacial score (nSPS) is 17.9. The summed E-state index contributed by atoms with van der Waals surface area (Å²) in [7, 11) is 0. The monoisotopic (exact) mass is 475 g/mol. The number of carbonyl (C=O) groups excluding carboxylic acids is 1. The number of rotatable bonds is 8. The molecule has 3 aromatic rings. The fourth-order valence-corrected chi connectivity index (χ4v) is 4.76. The lowest BCUT2D eigenvalue weighted by Gasteiger charge is -2.30. The van der Waals surface area contributed by atoms with Gasteiger partial charge in [0.25, 0.3) is 0 Å². The molecule has 0 aliphatic carbocycles. The van der Waals surface area contributed by atoms with Crippen LogP contribution in [0, 0.1) is 5.92 Å². The van der Waals surface area contributed by atoms with Gasteiger partial charge < -0.3 is 14.6 Å². The van der Waals surface area contributed by atoms with Gasteiger partial charge in [0.2, 0.25) is 17.6 Å². The Kier molecular flexibility index (Phi) is 7.82. The molecule has 0 bridgehead atoms. The van der Waals surface area contributed by atoms with Crippen molar-refractivity contribution < 1.29 is 14.1 Å². The summed E-state index contributed by atoms with van der Waals surface area (Å²) < 4.78 is 10.9. The first-order chi connectivity index (χ1) is 17.2. The minimum atomic E-state index is 0.0466. The molecule has 8 nitrogen and oxygen atoms in total. The van der Waals surface area contributed by atoms with Crippen LogP contribution in [0.3, 0.4) is 0 Å². The predicted molar refractivity (Wildman–Crippen MR) is 132 cm³/mol. The van der Waals surface area contributed by atoms with Gasteiger partial charge in [0.1, 0.15) is 0 Å². The van der Waals surface area contributed by atoms with Gasteiger partial charge in [0.05, 0.1) is 19.8 Å². The molecule has 8 heteroatoms. The fourth-order valence-electron chi connectivity index (χ4n) is 4.76. The lowest BCUT2D eigenvalue weighted by atomic mass is 9.96. The molecule has 2 fully saturated rings. The van der Waals surface area contributed by atoms with Crippen LogP contribution in [0.1, 0.15) is 29.9 Å². The molecule has 2 saturated heterocycles. The number of benzene rings is 2. The van der Waals surface area contributed by atoms with E-state index in [0.717, 1.165) is 69.9 Å². The summed E-state index contributed by atoms with van der Waals surface area (Å²) in [4.78, 5) is 22.0. The number of aromatic nitrogens is 2. The van der Waals surface area contributed by atoms with Gasteiger partial charge in [-0.15, -0.1) is 0 Å². The van der Waals surface area contributed by atoms with Crippen molar-refractivity contribution >= 4 is 5.91 Å². The highest BCUT2D eigenvalue weighted by molar-refractivity contribution is 5.78. The average Bonchev–Trinajstić information content (AvgIpc) is 3.38. The van der Waals surface area contributed by atoms with Crippen molar-refractivity contribution in [2.75, 3.05) is 39.4 Å². The summed E-state index contributed by atoms with van der Waals surface area (Å²) >= 11 is 0. The molecule has 1 N–H and O–H groups in total. The largest absolute Gasteiger partial charge is 0.379 e. The van der Waals surface area contributed by atoms with Crippen molar-refractivity contribution in [1.82, 2.24) is 25.3 Å². The number of hydrogen-bond acceptors (Lipinski definition) is 7. The van der Waals surface area contributed by atoms with E-state index < -0.39 is 0 Å². The number of ether oxygens (including phenoxy) is 1. The third-order valence-electron chi connectivity index (χ3n) is 6.79. The van der Waals surface area contributed by atoms with Crippen molar-refractivity contribution in [2.45, 2.75) is 32.5 Å². The van der Waals surface area contributed by atoms with Crippen molar-refractivity contribution in [2.24, 2.45) is 5.92 Å². The molecule has 1 aromatic heterocycles. The van der Waals surface area contributed by atoms with Gasteiger partial charge in [-0.1, -0.05) is 59.8 Å². The third-order valence-corrected chi connectivity index (χ3v) is 6.79. The minimum absolute atomic E-state index is 0.0466. The van der Waals surface area contributed by atoms with E-state index in [1.165, 1.54) is 5.56 Å². The van der Waals surface area contributed by atoms with Gasteiger partial charge in [-0.25, -0.2) is 0 Å². The van der Waals surface area contributed by atoms with Crippen molar-refractivity contribution in [3.8, 4) is 11.4 Å². The lowest BCUT2D eigenvalue weighted by molar-refractivity contribution is -0.126. The Bertz CT molecular complexity index is 1090. The Morgan fingerprint density at radius 2 is 1.66 bits per heavy atom. The smallest absolute Gasteiger partial charge is 0.241 e. The summed E-state index contributed by atoms with van der Waals surface area (Å²) in [5, 5.41) is 7.26. The molecule has 0 atom stereocenters. The second-order valence-electron chi connectivity index (χ2n) is 9.35. The summed E-state index contributed by atoms with van der Waals surface area (Å²) in [5.74, 6) is 1.42. The number of carbonyl (C=O) groups is 1. The van der Waals surface area contributed by atoms with E-state index in [0.29, 0.717) is 24.8 Å². The second-order valence-corrected chi connectivity index (χ2v) is 9.35. The van der Waals surface area contributed by atoms with E-state index in [4.69, 9.17) is 9.26 Å². The van der Waals surface area contributed by atoms with Crippen molar-refractivity contribution in [1.29, 1.82) is 0 Å². The SMILES string of the molecule is O=C(NCc1cccc(CN2CCOCC2)c1)C1CCN(Cc2nc(-c3ccccc3)no2)CC1. The Balaban J connectivity index is 1.06. The van der Waals surface area contributed by atoms with Gasteiger partial charge in [0, 0.05) is 37.7 Å². The number of likely N-dealkylation sites (tertiary alicyclic amines) is 1.